The van der Waals surface area contributed by atoms with Crippen LogP contribution in [0.1, 0.15) is 13.8 Å². The van der Waals surface area contributed by atoms with Crippen molar-refractivity contribution in [3.63, 3.8) is 0 Å². The summed E-state index contributed by atoms with van der Waals surface area (Å²) in [5, 5.41) is 10.4. The van der Waals surface area contributed by atoms with Crippen molar-refractivity contribution in [3.8, 4) is 6.19 Å². The smallest absolute Gasteiger partial charge is 0.242 e. The number of nitrogens with one attached hydrogen (secondary N) is 1. The van der Waals surface area contributed by atoms with Crippen molar-refractivity contribution in [1.29, 1.82) is 5.26 Å². The van der Waals surface area contributed by atoms with Gasteiger partial charge in [0, 0.05) is 13.1 Å². The summed E-state index contributed by atoms with van der Waals surface area (Å²) in [5.41, 5.74) is 0. The molecule has 1 N–H and O–H groups in total. The number of nitrogens with zero attached hydrogens (tertiary/aromatic N) is 2. The van der Waals surface area contributed by atoms with Crippen molar-refractivity contribution >= 4 is 5.91 Å². The Morgan fingerprint density at radius 2 is 2.09 bits per heavy atom. The molecule has 0 aromatic heterocycles. The maximum absolute atomic E-state index is 11.1. The zero-order chi connectivity index (χ0) is 8.69. The van der Waals surface area contributed by atoms with Crippen LogP contribution in [0.4, 0.5) is 0 Å². The molecule has 4 nitrogen and oxygen atoms in total. The fraction of sp³-hybridized carbons (Fsp3) is 0.714. The number of nitriles is 1. The Morgan fingerprint density at radius 3 is 2.45 bits per heavy atom. The van der Waals surface area contributed by atoms with E-state index in [-0.39, 0.29) is 12.5 Å². The van der Waals surface area contributed by atoms with Gasteiger partial charge in [-0.05, 0) is 13.8 Å². The number of amides is 1. The third-order valence-electron chi connectivity index (χ3n) is 1.43. The molecule has 0 aliphatic carbocycles. The molecule has 11 heavy (non-hydrogen) atoms. The van der Waals surface area contributed by atoms with Gasteiger partial charge in [0.25, 0.3) is 0 Å². The van der Waals surface area contributed by atoms with E-state index in [9.17, 15) is 4.79 Å². The Balaban J connectivity index is 3.72. The van der Waals surface area contributed by atoms with Crippen molar-refractivity contribution < 1.29 is 4.79 Å². The van der Waals surface area contributed by atoms with Gasteiger partial charge in [0.2, 0.25) is 5.91 Å². The highest BCUT2D eigenvalue weighted by molar-refractivity contribution is 5.78. The van der Waals surface area contributed by atoms with E-state index in [1.807, 2.05) is 13.8 Å². The molecule has 4 heteroatoms. The quantitative estimate of drug-likeness (QED) is 0.456. The van der Waals surface area contributed by atoms with Gasteiger partial charge in [-0.25, -0.2) is 0 Å². The predicted octanol–water partition coefficient (Wildman–Crippen LogP) is -0.0745. The molecule has 0 heterocycles. The Kier molecular flexibility index (Phi) is 4.91. The minimum Gasteiger partial charge on any atom is -0.342 e. The Hall–Kier alpha value is -1.24. The molecule has 1 amide bonds. The van der Waals surface area contributed by atoms with Gasteiger partial charge in [-0.1, -0.05) is 0 Å². The molecule has 0 aromatic carbocycles. The Morgan fingerprint density at radius 1 is 1.55 bits per heavy atom. The van der Waals surface area contributed by atoms with Gasteiger partial charge in [-0.3, -0.25) is 4.79 Å². The second-order valence-electron chi connectivity index (χ2n) is 2.03. The Bertz CT molecular complexity index is 158. The number of likely N-dealkylation sites (N-methyl/N-ethyl adjacent to an activating group) is 1. The van der Waals surface area contributed by atoms with Crippen molar-refractivity contribution in [2.75, 3.05) is 19.6 Å². The monoisotopic (exact) mass is 155 g/mol. The highest BCUT2D eigenvalue weighted by Gasteiger charge is 2.06. The first-order valence-corrected chi connectivity index (χ1v) is 3.66. The van der Waals surface area contributed by atoms with Crippen molar-refractivity contribution in [3.05, 3.63) is 0 Å². The summed E-state index contributed by atoms with van der Waals surface area (Å²) in [6.45, 7) is 5.32. The summed E-state index contributed by atoms with van der Waals surface area (Å²) in [5.74, 6) is -0.0310. The minimum atomic E-state index is -0.0310. The van der Waals surface area contributed by atoms with E-state index in [0.29, 0.717) is 13.1 Å². The molecule has 0 rings (SSSR count). The summed E-state index contributed by atoms with van der Waals surface area (Å²) >= 11 is 0. The molecule has 0 saturated heterocycles. The molecule has 0 atom stereocenters. The number of hydrogen-bond donors (Lipinski definition) is 1. The van der Waals surface area contributed by atoms with Crippen LogP contribution in [0.3, 0.4) is 0 Å². The fourth-order valence-corrected chi connectivity index (χ4v) is 0.803. The summed E-state index contributed by atoms with van der Waals surface area (Å²) < 4.78 is 0. The number of carbonyl (C=O) groups is 1. The maximum Gasteiger partial charge on any atom is 0.242 e. The summed E-state index contributed by atoms with van der Waals surface area (Å²) in [6.07, 6.45) is 1.70. The number of hydrogen-bond acceptors (Lipinski definition) is 3. The first-order valence-electron chi connectivity index (χ1n) is 3.66. The summed E-state index contributed by atoms with van der Waals surface area (Å²) in [4.78, 5) is 12.7. The molecule has 0 fully saturated rings. The molecule has 0 aliphatic rings. The third kappa shape index (κ3) is 3.46. The first-order chi connectivity index (χ1) is 5.26. The SMILES string of the molecule is CCN(CC)C(=O)CNC#N. The van der Waals surface area contributed by atoms with Crippen molar-refractivity contribution in [2.45, 2.75) is 13.8 Å². The van der Waals surface area contributed by atoms with E-state index in [0.717, 1.165) is 0 Å². The lowest BCUT2D eigenvalue weighted by atomic mass is 10.4. The molecule has 0 aromatic rings. The zero-order valence-electron chi connectivity index (χ0n) is 6.92. The fourth-order valence-electron chi connectivity index (χ4n) is 0.803. The van der Waals surface area contributed by atoms with Crippen LogP contribution < -0.4 is 5.32 Å². The molecule has 0 radical (unpaired) electrons. The van der Waals surface area contributed by atoms with Crippen LogP contribution in [-0.4, -0.2) is 30.4 Å². The Labute approximate surface area is 66.8 Å². The molecular weight excluding hydrogens is 142 g/mol. The van der Waals surface area contributed by atoms with Crippen LogP contribution in [0, 0.1) is 11.5 Å². The normalized spacial score (nSPS) is 8.45. The molecule has 0 spiro atoms. The van der Waals surface area contributed by atoms with E-state index in [1.54, 1.807) is 11.1 Å². The number of rotatable bonds is 4. The van der Waals surface area contributed by atoms with Crippen LogP contribution in [0.5, 0.6) is 0 Å². The highest BCUT2D eigenvalue weighted by Crippen LogP contribution is 1.86. The lowest BCUT2D eigenvalue weighted by Crippen LogP contribution is -2.36. The van der Waals surface area contributed by atoms with Gasteiger partial charge in [-0.15, -0.1) is 0 Å². The van der Waals surface area contributed by atoms with Crippen LogP contribution in [-0.2, 0) is 4.79 Å². The van der Waals surface area contributed by atoms with Gasteiger partial charge in [0.15, 0.2) is 6.19 Å². The van der Waals surface area contributed by atoms with E-state index >= 15 is 0 Å². The van der Waals surface area contributed by atoms with Gasteiger partial charge < -0.3 is 10.2 Å². The predicted molar refractivity (Wildman–Crippen MR) is 41.5 cm³/mol. The van der Waals surface area contributed by atoms with Gasteiger partial charge in [0.05, 0.1) is 0 Å². The average Bonchev–Trinajstić information content (AvgIpc) is 2.03. The lowest BCUT2D eigenvalue weighted by Gasteiger charge is -2.17. The van der Waals surface area contributed by atoms with Crippen LogP contribution >= 0.6 is 0 Å². The van der Waals surface area contributed by atoms with Gasteiger partial charge in [0.1, 0.15) is 6.54 Å². The lowest BCUT2D eigenvalue weighted by molar-refractivity contribution is -0.129. The molecule has 0 unspecified atom stereocenters. The first kappa shape index (κ1) is 9.76. The topological polar surface area (TPSA) is 56.1 Å². The van der Waals surface area contributed by atoms with E-state index in [1.165, 1.54) is 0 Å². The highest BCUT2D eigenvalue weighted by atomic mass is 16.2. The second kappa shape index (κ2) is 5.54. The summed E-state index contributed by atoms with van der Waals surface area (Å²) in [6, 6.07) is 0. The van der Waals surface area contributed by atoms with Crippen LogP contribution in [0.15, 0.2) is 0 Å². The van der Waals surface area contributed by atoms with E-state index < -0.39 is 0 Å². The average molecular weight is 155 g/mol. The van der Waals surface area contributed by atoms with Crippen molar-refractivity contribution in [2.24, 2.45) is 0 Å². The second-order valence-corrected chi connectivity index (χ2v) is 2.03. The van der Waals surface area contributed by atoms with E-state index in [4.69, 9.17) is 5.26 Å². The van der Waals surface area contributed by atoms with Crippen LogP contribution in [0.25, 0.3) is 0 Å². The standard InChI is InChI=1S/C7H13N3O/c1-3-10(4-2)7(11)5-9-6-8/h9H,3-5H2,1-2H3. The summed E-state index contributed by atoms with van der Waals surface area (Å²) in [7, 11) is 0. The van der Waals surface area contributed by atoms with Crippen molar-refractivity contribution in [1.82, 2.24) is 10.2 Å². The molecule has 0 saturated carbocycles. The molecule has 0 bridgehead atoms. The largest absolute Gasteiger partial charge is 0.342 e. The van der Waals surface area contributed by atoms with Gasteiger partial charge in [-0.2, -0.15) is 5.26 Å². The molecule has 62 valence electrons. The van der Waals surface area contributed by atoms with Gasteiger partial charge >= 0.3 is 0 Å². The number of carbonyl (C=O) groups excluding carboxylic acids is 1. The van der Waals surface area contributed by atoms with E-state index in [2.05, 4.69) is 5.32 Å². The maximum atomic E-state index is 11.1. The molecule has 0 aliphatic heterocycles. The minimum absolute atomic E-state index is 0.0310. The zero-order valence-corrected chi connectivity index (χ0v) is 6.92. The van der Waals surface area contributed by atoms with Crippen LogP contribution in [0.2, 0.25) is 0 Å². The molecular formula is C7H13N3O. The third-order valence-corrected chi connectivity index (χ3v) is 1.43.